The van der Waals surface area contributed by atoms with Crippen LogP contribution in [0, 0.1) is 11.8 Å². The van der Waals surface area contributed by atoms with E-state index in [0.29, 0.717) is 18.9 Å². The zero-order valence-corrected chi connectivity index (χ0v) is 14.1. The van der Waals surface area contributed by atoms with Gasteiger partial charge in [-0.1, -0.05) is 13.8 Å². The van der Waals surface area contributed by atoms with Crippen molar-refractivity contribution >= 4 is 11.8 Å². The maximum atomic E-state index is 12.8. The van der Waals surface area contributed by atoms with Gasteiger partial charge in [0, 0.05) is 44.6 Å². The molecule has 2 amide bonds. The van der Waals surface area contributed by atoms with Crippen LogP contribution < -0.4 is 5.73 Å². The summed E-state index contributed by atoms with van der Waals surface area (Å²) in [6.07, 6.45) is 5.22. The van der Waals surface area contributed by atoms with Crippen LogP contribution in [0.4, 0.5) is 0 Å². The molecule has 2 N–H and O–H groups in total. The average Bonchev–Trinajstić information content (AvgIpc) is 2.54. The number of rotatable bonds is 4. The molecule has 0 aliphatic carbocycles. The summed E-state index contributed by atoms with van der Waals surface area (Å²) in [5.41, 5.74) is 5.87. The molecule has 22 heavy (non-hydrogen) atoms. The van der Waals surface area contributed by atoms with E-state index in [1.807, 2.05) is 16.7 Å². The first kappa shape index (κ1) is 17.3. The van der Waals surface area contributed by atoms with Crippen molar-refractivity contribution in [2.75, 3.05) is 26.2 Å². The van der Waals surface area contributed by atoms with Gasteiger partial charge in [0.05, 0.1) is 0 Å². The molecule has 2 unspecified atom stereocenters. The number of hydrogen-bond donors (Lipinski definition) is 1. The van der Waals surface area contributed by atoms with Gasteiger partial charge < -0.3 is 15.5 Å². The molecule has 0 aromatic rings. The fourth-order valence-corrected chi connectivity index (χ4v) is 3.75. The number of likely N-dealkylation sites (tertiary alicyclic amines) is 2. The van der Waals surface area contributed by atoms with Crippen molar-refractivity contribution in [1.82, 2.24) is 9.80 Å². The van der Waals surface area contributed by atoms with Crippen LogP contribution in [0.25, 0.3) is 0 Å². The van der Waals surface area contributed by atoms with Crippen LogP contribution in [0.2, 0.25) is 0 Å². The Hall–Kier alpha value is -1.10. The lowest BCUT2D eigenvalue weighted by Gasteiger charge is -2.41. The first-order chi connectivity index (χ1) is 10.6. The molecule has 0 bridgehead atoms. The van der Waals surface area contributed by atoms with Gasteiger partial charge in [0.25, 0.3) is 0 Å². The van der Waals surface area contributed by atoms with E-state index in [1.165, 1.54) is 0 Å². The number of hydrogen-bond acceptors (Lipinski definition) is 3. The maximum absolute atomic E-state index is 12.8. The summed E-state index contributed by atoms with van der Waals surface area (Å²) in [6, 6.07) is 0.205. The molecule has 126 valence electrons. The Morgan fingerprint density at radius 1 is 1.14 bits per heavy atom. The first-order valence-electron chi connectivity index (χ1n) is 8.85. The summed E-state index contributed by atoms with van der Waals surface area (Å²) in [4.78, 5) is 28.7. The Morgan fingerprint density at radius 3 is 2.41 bits per heavy atom. The number of carbonyl (C=O) groups excluding carboxylic acids is 2. The van der Waals surface area contributed by atoms with Crippen molar-refractivity contribution in [2.24, 2.45) is 17.6 Å². The van der Waals surface area contributed by atoms with Gasteiger partial charge in [-0.3, -0.25) is 9.59 Å². The standard InChI is InChI=1S/C17H31N3O2/c1-3-4-16(21)19-8-6-14(7-9-19)17(22)20-10-5-13(2)11-15(20)12-18/h13-15H,3-12,18H2,1-2H3. The van der Waals surface area contributed by atoms with E-state index in [9.17, 15) is 9.59 Å². The smallest absolute Gasteiger partial charge is 0.226 e. The van der Waals surface area contributed by atoms with Crippen LogP contribution in [0.1, 0.15) is 52.4 Å². The third-order valence-electron chi connectivity index (χ3n) is 5.19. The Bertz CT molecular complexity index is 391. The molecule has 2 saturated heterocycles. The summed E-state index contributed by atoms with van der Waals surface area (Å²) >= 11 is 0. The molecule has 0 aromatic carbocycles. The number of carbonyl (C=O) groups is 2. The summed E-state index contributed by atoms with van der Waals surface area (Å²) < 4.78 is 0. The molecule has 5 heteroatoms. The van der Waals surface area contributed by atoms with E-state index in [-0.39, 0.29) is 23.8 Å². The van der Waals surface area contributed by atoms with Gasteiger partial charge in [-0.05, 0) is 38.0 Å². The van der Waals surface area contributed by atoms with Crippen molar-refractivity contribution in [1.29, 1.82) is 0 Å². The number of piperidine rings is 2. The monoisotopic (exact) mass is 309 g/mol. The van der Waals surface area contributed by atoms with E-state index < -0.39 is 0 Å². The van der Waals surface area contributed by atoms with E-state index >= 15 is 0 Å². The Morgan fingerprint density at radius 2 is 1.82 bits per heavy atom. The van der Waals surface area contributed by atoms with Crippen molar-refractivity contribution in [3.05, 3.63) is 0 Å². The fraction of sp³-hybridized carbons (Fsp3) is 0.882. The third kappa shape index (κ3) is 4.00. The minimum absolute atomic E-state index is 0.0770. The Balaban J connectivity index is 1.88. The van der Waals surface area contributed by atoms with E-state index in [4.69, 9.17) is 5.73 Å². The average molecular weight is 309 g/mol. The first-order valence-corrected chi connectivity index (χ1v) is 8.85. The lowest BCUT2D eigenvalue weighted by Crippen LogP contribution is -2.52. The molecule has 2 rings (SSSR count). The molecule has 2 heterocycles. The minimum atomic E-state index is 0.0770. The largest absolute Gasteiger partial charge is 0.343 e. The van der Waals surface area contributed by atoms with Gasteiger partial charge in [-0.15, -0.1) is 0 Å². The van der Waals surface area contributed by atoms with E-state index in [1.54, 1.807) is 0 Å². The summed E-state index contributed by atoms with van der Waals surface area (Å²) in [5, 5.41) is 0. The zero-order chi connectivity index (χ0) is 16.1. The SMILES string of the molecule is CCCC(=O)N1CCC(C(=O)N2CCC(C)CC2CN)CC1. The summed E-state index contributed by atoms with van der Waals surface area (Å²) in [7, 11) is 0. The number of nitrogens with zero attached hydrogens (tertiary/aromatic N) is 2. The second-order valence-electron chi connectivity index (χ2n) is 6.96. The van der Waals surface area contributed by atoms with Gasteiger partial charge in [0.1, 0.15) is 0 Å². The van der Waals surface area contributed by atoms with Crippen LogP contribution in [-0.2, 0) is 9.59 Å². The summed E-state index contributed by atoms with van der Waals surface area (Å²) in [6.45, 7) is 7.13. The van der Waals surface area contributed by atoms with Crippen molar-refractivity contribution in [3.63, 3.8) is 0 Å². The molecular weight excluding hydrogens is 278 g/mol. The molecule has 2 aliphatic rings. The van der Waals surface area contributed by atoms with Gasteiger partial charge in [0.15, 0.2) is 0 Å². The highest BCUT2D eigenvalue weighted by molar-refractivity contribution is 5.80. The Labute approximate surface area is 134 Å². The van der Waals surface area contributed by atoms with Crippen molar-refractivity contribution in [3.8, 4) is 0 Å². The van der Waals surface area contributed by atoms with Crippen LogP contribution in [0.3, 0.4) is 0 Å². The highest BCUT2D eigenvalue weighted by Crippen LogP contribution is 2.27. The highest BCUT2D eigenvalue weighted by atomic mass is 16.2. The Kier molecular flexibility index (Phi) is 6.24. The highest BCUT2D eigenvalue weighted by Gasteiger charge is 2.35. The predicted molar refractivity (Wildman–Crippen MR) is 87.2 cm³/mol. The number of amides is 2. The van der Waals surface area contributed by atoms with Crippen molar-refractivity contribution in [2.45, 2.75) is 58.4 Å². The lowest BCUT2D eigenvalue weighted by atomic mass is 9.89. The molecule has 2 fully saturated rings. The molecule has 0 spiro atoms. The molecule has 0 saturated carbocycles. The normalized spacial score (nSPS) is 27.0. The van der Waals surface area contributed by atoms with Crippen LogP contribution in [0.5, 0.6) is 0 Å². The quantitative estimate of drug-likeness (QED) is 0.858. The second-order valence-corrected chi connectivity index (χ2v) is 6.96. The van der Waals surface area contributed by atoms with E-state index in [0.717, 1.165) is 51.7 Å². The van der Waals surface area contributed by atoms with Crippen LogP contribution >= 0.6 is 0 Å². The third-order valence-corrected chi connectivity index (χ3v) is 5.19. The van der Waals surface area contributed by atoms with Gasteiger partial charge in [-0.25, -0.2) is 0 Å². The van der Waals surface area contributed by atoms with E-state index in [2.05, 4.69) is 6.92 Å². The van der Waals surface area contributed by atoms with Gasteiger partial charge in [0.2, 0.25) is 11.8 Å². The summed E-state index contributed by atoms with van der Waals surface area (Å²) in [5.74, 6) is 1.24. The second kappa shape index (κ2) is 7.95. The van der Waals surface area contributed by atoms with Crippen molar-refractivity contribution < 1.29 is 9.59 Å². The molecule has 0 aromatic heterocycles. The van der Waals surface area contributed by atoms with Gasteiger partial charge >= 0.3 is 0 Å². The predicted octanol–water partition coefficient (Wildman–Crippen LogP) is 1.61. The molecule has 2 atom stereocenters. The molecule has 2 aliphatic heterocycles. The lowest BCUT2D eigenvalue weighted by molar-refractivity contribution is -0.144. The maximum Gasteiger partial charge on any atom is 0.226 e. The molecule has 5 nitrogen and oxygen atoms in total. The fourth-order valence-electron chi connectivity index (χ4n) is 3.75. The number of nitrogens with two attached hydrogens (primary N) is 1. The van der Waals surface area contributed by atoms with Gasteiger partial charge in [-0.2, -0.15) is 0 Å². The zero-order valence-electron chi connectivity index (χ0n) is 14.1. The van der Waals surface area contributed by atoms with Crippen LogP contribution in [-0.4, -0.2) is 53.8 Å². The van der Waals surface area contributed by atoms with Crippen LogP contribution in [0.15, 0.2) is 0 Å². The molecule has 0 radical (unpaired) electrons. The minimum Gasteiger partial charge on any atom is -0.343 e. The topological polar surface area (TPSA) is 66.6 Å². The molecular formula is C17H31N3O2.